The maximum Gasteiger partial charge on any atom is 0.358 e. The number of rotatable bonds is 2. The second-order valence-corrected chi connectivity index (χ2v) is 4.16. The molecule has 0 atom stereocenters. The number of nitrogens with two attached hydrogens (primary N) is 1. The summed E-state index contributed by atoms with van der Waals surface area (Å²) in [6, 6.07) is 4.46. The predicted molar refractivity (Wildman–Crippen MR) is 63.1 cm³/mol. The molecule has 0 bridgehead atoms. The predicted octanol–water partition coefficient (Wildman–Crippen LogP) is 2.13. The summed E-state index contributed by atoms with van der Waals surface area (Å²) in [6.07, 6.45) is 3.13. The summed E-state index contributed by atoms with van der Waals surface area (Å²) in [5, 5.41) is 0.531. The molecule has 0 saturated carbocycles. The van der Waals surface area contributed by atoms with Gasteiger partial charge in [-0.1, -0.05) is 0 Å². The largest absolute Gasteiger partial charge is 0.370 e. The van der Waals surface area contributed by atoms with Crippen LogP contribution in [0.2, 0.25) is 0 Å². The fraction of sp³-hybridized carbons (Fsp3) is 0.0909. The first-order valence-electron chi connectivity index (χ1n) is 4.70. The standard InChI is InChI=1S/C11H9FN2O2S/c1-17-10-4-9-6(3-8(10)12)2-7(5-14-9)11(15)16-13/h2-5H,13H2,1H3. The Morgan fingerprint density at radius 3 is 2.88 bits per heavy atom. The van der Waals surface area contributed by atoms with E-state index >= 15 is 0 Å². The summed E-state index contributed by atoms with van der Waals surface area (Å²) in [6.45, 7) is 0. The van der Waals surface area contributed by atoms with Crippen molar-refractivity contribution >= 4 is 28.6 Å². The Morgan fingerprint density at radius 2 is 2.24 bits per heavy atom. The SMILES string of the molecule is CSc1cc2ncc(C(=O)ON)cc2cc1F. The number of aromatic nitrogens is 1. The van der Waals surface area contributed by atoms with Crippen LogP contribution in [0.15, 0.2) is 29.3 Å². The topological polar surface area (TPSA) is 65.2 Å². The second kappa shape index (κ2) is 4.68. The van der Waals surface area contributed by atoms with Crippen molar-refractivity contribution in [3.05, 3.63) is 35.8 Å². The van der Waals surface area contributed by atoms with Crippen LogP contribution < -0.4 is 5.90 Å². The average molecular weight is 252 g/mol. The number of carbonyl (C=O) groups is 1. The van der Waals surface area contributed by atoms with Crippen LogP contribution in [-0.4, -0.2) is 17.2 Å². The zero-order valence-corrected chi connectivity index (χ0v) is 9.75. The van der Waals surface area contributed by atoms with Gasteiger partial charge in [0.2, 0.25) is 0 Å². The van der Waals surface area contributed by atoms with Crippen LogP contribution in [0.1, 0.15) is 10.4 Å². The lowest BCUT2D eigenvalue weighted by Crippen LogP contribution is -2.10. The van der Waals surface area contributed by atoms with Gasteiger partial charge in [-0.25, -0.2) is 9.18 Å². The average Bonchev–Trinajstić information content (AvgIpc) is 2.36. The van der Waals surface area contributed by atoms with Gasteiger partial charge in [0, 0.05) is 16.5 Å². The monoisotopic (exact) mass is 252 g/mol. The molecule has 0 aliphatic heterocycles. The fourth-order valence-corrected chi connectivity index (χ4v) is 1.95. The van der Waals surface area contributed by atoms with Crippen LogP contribution in [0.5, 0.6) is 0 Å². The van der Waals surface area contributed by atoms with Gasteiger partial charge in [-0.3, -0.25) is 4.98 Å². The minimum Gasteiger partial charge on any atom is -0.370 e. The van der Waals surface area contributed by atoms with E-state index in [1.807, 2.05) is 0 Å². The van der Waals surface area contributed by atoms with Crippen molar-refractivity contribution in [1.29, 1.82) is 0 Å². The molecule has 1 heterocycles. The van der Waals surface area contributed by atoms with E-state index in [-0.39, 0.29) is 11.4 Å². The summed E-state index contributed by atoms with van der Waals surface area (Å²) in [4.78, 5) is 19.8. The number of hydrogen-bond donors (Lipinski definition) is 1. The Morgan fingerprint density at radius 1 is 1.47 bits per heavy atom. The third-order valence-electron chi connectivity index (χ3n) is 2.30. The lowest BCUT2D eigenvalue weighted by molar-refractivity contribution is 0.0503. The van der Waals surface area contributed by atoms with Gasteiger partial charge in [-0.05, 0) is 24.5 Å². The highest BCUT2D eigenvalue weighted by molar-refractivity contribution is 7.98. The third kappa shape index (κ3) is 2.22. The van der Waals surface area contributed by atoms with Crippen molar-refractivity contribution < 1.29 is 14.0 Å². The Hall–Kier alpha value is -1.66. The van der Waals surface area contributed by atoms with E-state index in [9.17, 15) is 9.18 Å². The molecule has 6 heteroatoms. The minimum absolute atomic E-state index is 0.191. The van der Waals surface area contributed by atoms with Crippen molar-refractivity contribution in [2.75, 3.05) is 6.26 Å². The highest BCUT2D eigenvalue weighted by atomic mass is 32.2. The summed E-state index contributed by atoms with van der Waals surface area (Å²) < 4.78 is 13.5. The molecule has 0 saturated heterocycles. The first-order valence-corrected chi connectivity index (χ1v) is 5.92. The molecule has 2 N–H and O–H groups in total. The van der Waals surface area contributed by atoms with Gasteiger partial charge >= 0.3 is 5.97 Å². The van der Waals surface area contributed by atoms with Gasteiger partial charge in [0.15, 0.2) is 0 Å². The van der Waals surface area contributed by atoms with E-state index < -0.39 is 5.97 Å². The Kier molecular flexibility index (Phi) is 3.26. The summed E-state index contributed by atoms with van der Waals surface area (Å²) in [5.74, 6) is 3.73. The van der Waals surface area contributed by atoms with Gasteiger partial charge in [-0.2, -0.15) is 5.90 Å². The maximum absolute atomic E-state index is 13.5. The summed E-state index contributed by atoms with van der Waals surface area (Å²) >= 11 is 1.30. The van der Waals surface area contributed by atoms with Crippen molar-refractivity contribution in [2.45, 2.75) is 4.90 Å². The lowest BCUT2D eigenvalue weighted by atomic mass is 10.1. The molecule has 0 aliphatic rings. The maximum atomic E-state index is 13.5. The molecular formula is C11H9FN2O2S. The molecule has 0 fully saturated rings. The number of benzene rings is 1. The van der Waals surface area contributed by atoms with E-state index in [0.29, 0.717) is 15.8 Å². The molecule has 0 aliphatic carbocycles. The zero-order valence-electron chi connectivity index (χ0n) is 8.94. The molecule has 0 spiro atoms. The van der Waals surface area contributed by atoms with Gasteiger partial charge in [0.1, 0.15) is 5.82 Å². The van der Waals surface area contributed by atoms with E-state index in [1.54, 1.807) is 12.3 Å². The lowest BCUT2D eigenvalue weighted by Gasteiger charge is -2.04. The minimum atomic E-state index is -0.700. The Balaban J connectivity index is 2.59. The van der Waals surface area contributed by atoms with Gasteiger partial charge in [0.25, 0.3) is 0 Å². The quantitative estimate of drug-likeness (QED) is 0.655. The highest BCUT2D eigenvalue weighted by Crippen LogP contribution is 2.24. The first kappa shape index (κ1) is 11.8. The normalized spacial score (nSPS) is 10.5. The van der Waals surface area contributed by atoms with Crippen molar-refractivity contribution in [3.8, 4) is 0 Å². The second-order valence-electron chi connectivity index (χ2n) is 3.31. The highest BCUT2D eigenvalue weighted by Gasteiger charge is 2.10. The van der Waals surface area contributed by atoms with Crippen LogP contribution in [0.3, 0.4) is 0 Å². The number of nitrogens with zero attached hydrogens (tertiary/aromatic N) is 1. The van der Waals surface area contributed by atoms with Crippen LogP contribution in [-0.2, 0) is 4.84 Å². The summed E-state index contributed by atoms with van der Waals surface area (Å²) in [5.41, 5.74) is 0.806. The molecule has 1 aromatic heterocycles. The number of pyridine rings is 1. The van der Waals surface area contributed by atoms with Crippen LogP contribution in [0.4, 0.5) is 4.39 Å². The smallest absolute Gasteiger partial charge is 0.358 e. The number of halogens is 1. The molecule has 0 unspecified atom stereocenters. The molecule has 1 aromatic carbocycles. The van der Waals surface area contributed by atoms with Crippen LogP contribution in [0.25, 0.3) is 10.9 Å². The first-order chi connectivity index (χ1) is 8.15. The molecule has 0 radical (unpaired) electrons. The molecule has 17 heavy (non-hydrogen) atoms. The van der Waals surface area contributed by atoms with E-state index in [1.165, 1.54) is 30.1 Å². The van der Waals surface area contributed by atoms with Crippen molar-refractivity contribution in [3.63, 3.8) is 0 Å². The third-order valence-corrected chi connectivity index (χ3v) is 3.05. The van der Waals surface area contributed by atoms with Gasteiger partial charge < -0.3 is 4.84 Å². The molecule has 2 aromatic rings. The van der Waals surface area contributed by atoms with E-state index in [2.05, 4.69) is 9.82 Å². The molecule has 88 valence electrons. The number of carbonyl (C=O) groups excluding carboxylic acids is 1. The molecule has 0 amide bonds. The number of fused-ring (bicyclic) bond motifs is 1. The van der Waals surface area contributed by atoms with Crippen molar-refractivity contribution in [1.82, 2.24) is 4.98 Å². The van der Waals surface area contributed by atoms with Gasteiger partial charge in [-0.15, -0.1) is 11.8 Å². The van der Waals surface area contributed by atoms with Crippen LogP contribution >= 0.6 is 11.8 Å². The number of thioether (sulfide) groups is 1. The van der Waals surface area contributed by atoms with Crippen LogP contribution in [0, 0.1) is 5.82 Å². The Labute approximate surface area is 101 Å². The van der Waals surface area contributed by atoms with E-state index in [0.717, 1.165) is 0 Å². The fourth-order valence-electron chi connectivity index (χ4n) is 1.47. The van der Waals surface area contributed by atoms with Crippen molar-refractivity contribution in [2.24, 2.45) is 5.90 Å². The number of hydrogen-bond acceptors (Lipinski definition) is 5. The summed E-state index contributed by atoms with van der Waals surface area (Å²) in [7, 11) is 0. The van der Waals surface area contributed by atoms with Gasteiger partial charge in [0.05, 0.1) is 11.1 Å². The zero-order chi connectivity index (χ0) is 12.4. The Bertz CT molecular complexity index is 589. The molecule has 2 rings (SSSR count). The molecular weight excluding hydrogens is 243 g/mol. The molecule has 4 nitrogen and oxygen atoms in total. The van der Waals surface area contributed by atoms with E-state index in [4.69, 9.17) is 5.90 Å².